The zero-order valence-corrected chi connectivity index (χ0v) is 10.2. The number of thioether (sulfide) groups is 1. The van der Waals surface area contributed by atoms with Crippen LogP contribution in [0.1, 0.15) is 13.3 Å². The largest absolute Gasteiger partial charge is 0.312 e. The minimum atomic E-state index is -3.04. The van der Waals surface area contributed by atoms with Crippen molar-refractivity contribution in [3.05, 3.63) is 0 Å². The van der Waals surface area contributed by atoms with E-state index in [2.05, 4.69) is 17.0 Å². The van der Waals surface area contributed by atoms with Crippen LogP contribution >= 0.6 is 11.8 Å². The molecule has 0 aromatic rings. The molecule has 2 unspecified atom stereocenters. The van der Waals surface area contributed by atoms with E-state index >= 15 is 0 Å². The summed E-state index contributed by atoms with van der Waals surface area (Å²) in [7, 11) is -1.60. The molecule has 0 aromatic carbocycles. The van der Waals surface area contributed by atoms with E-state index in [0.717, 1.165) is 12.2 Å². The SMILES string of the molecule is CNS(=O)(=O)CCNC1CSC(C)C1. The third-order valence-corrected chi connectivity index (χ3v) is 5.03. The molecule has 1 aliphatic rings. The van der Waals surface area contributed by atoms with Gasteiger partial charge < -0.3 is 5.32 Å². The summed E-state index contributed by atoms with van der Waals surface area (Å²) in [4.78, 5) is 0. The summed E-state index contributed by atoms with van der Waals surface area (Å²) in [6, 6.07) is 0.488. The lowest BCUT2D eigenvalue weighted by Gasteiger charge is -2.11. The summed E-state index contributed by atoms with van der Waals surface area (Å²) in [5.41, 5.74) is 0. The van der Waals surface area contributed by atoms with Gasteiger partial charge in [-0.05, 0) is 13.5 Å². The van der Waals surface area contributed by atoms with Crippen LogP contribution in [0.15, 0.2) is 0 Å². The van der Waals surface area contributed by atoms with E-state index in [1.165, 1.54) is 7.05 Å². The maximum Gasteiger partial charge on any atom is 0.212 e. The van der Waals surface area contributed by atoms with Crippen molar-refractivity contribution in [2.24, 2.45) is 0 Å². The molecule has 2 N–H and O–H groups in total. The Bertz CT molecular complexity index is 267. The first kappa shape index (κ1) is 12.3. The first-order valence-corrected chi connectivity index (χ1v) is 7.50. The van der Waals surface area contributed by atoms with Crippen molar-refractivity contribution in [3.8, 4) is 0 Å². The van der Waals surface area contributed by atoms with E-state index in [1.54, 1.807) is 0 Å². The van der Waals surface area contributed by atoms with Gasteiger partial charge in [0.05, 0.1) is 5.75 Å². The highest BCUT2D eigenvalue weighted by Gasteiger charge is 2.21. The van der Waals surface area contributed by atoms with Crippen LogP contribution in [0, 0.1) is 0 Å². The van der Waals surface area contributed by atoms with Gasteiger partial charge in [-0.2, -0.15) is 11.8 Å². The molecule has 0 amide bonds. The van der Waals surface area contributed by atoms with Crippen LogP contribution in [0.25, 0.3) is 0 Å². The van der Waals surface area contributed by atoms with Gasteiger partial charge in [0.15, 0.2) is 0 Å². The van der Waals surface area contributed by atoms with Crippen molar-refractivity contribution in [3.63, 3.8) is 0 Å². The van der Waals surface area contributed by atoms with E-state index in [9.17, 15) is 8.42 Å². The predicted molar refractivity (Wildman–Crippen MR) is 61.2 cm³/mol. The maximum absolute atomic E-state index is 11.1. The van der Waals surface area contributed by atoms with E-state index in [-0.39, 0.29) is 5.75 Å². The Morgan fingerprint density at radius 1 is 1.50 bits per heavy atom. The average molecular weight is 238 g/mol. The van der Waals surface area contributed by atoms with Crippen molar-refractivity contribution < 1.29 is 8.42 Å². The summed E-state index contributed by atoms with van der Waals surface area (Å²) in [6.07, 6.45) is 1.14. The van der Waals surface area contributed by atoms with Gasteiger partial charge in [-0.15, -0.1) is 0 Å². The summed E-state index contributed by atoms with van der Waals surface area (Å²) in [6.45, 7) is 2.75. The second-order valence-electron chi connectivity index (χ2n) is 3.55. The molecule has 1 aliphatic heterocycles. The molecule has 14 heavy (non-hydrogen) atoms. The van der Waals surface area contributed by atoms with Crippen LogP contribution in [-0.2, 0) is 10.0 Å². The van der Waals surface area contributed by atoms with Crippen molar-refractivity contribution in [2.75, 3.05) is 25.1 Å². The third-order valence-electron chi connectivity index (χ3n) is 2.31. The molecule has 2 atom stereocenters. The standard InChI is InChI=1S/C8H18N2O2S2/c1-7-5-8(6-13-7)10-3-4-14(11,12)9-2/h7-10H,3-6H2,1-2H3. The van der Waals surface area contributed by atoms with E-state index in [0.29, 0.717) is 17.8 Å². The Kier molecular flexibility index (Phi) is 4.69. The van der Waals surface area contributed by atoms with E-state index in [4.69, 9.17) is 0 Å². The summed E-state index contributed by atoms with van der Waals surface area (Å²) in [5.74, 6) is 1.26. The highest BCUT2D eigenvalue weighted by Crippen LogP contribution is 2.25. The zero-order chi connectivity index (χ0) is 10.6. The Morgan fingerprint density at radius 3 is 2.71 bits per heavy atom. The van der Waals surface area contributed by atoms with Gasteiger partial charge in [-0.25, -0.2) is 13.1 Å². The highest BCUT2D eigenvalue weighted by molar-refractivity contribution is 8.00. The topological polar surface area (TPSA) is 58.2 Å². The van der Waals surface area contributed by atoms with Crippen LogP contribution in [0.4, 0.5) is 0 Å². The minimum Gasteiger partial charge on any atom is -0.312 e. The molecule has 0 spiro atoms. The second kappa shape index (κ2) is 5.34. The summed E-state index contributed by atoms with van der Waals surface area (Å²) < 4.78 is 24.5. The molecular formula is C8H18N2O2S2. The molecule has 0 aliphatic carbocycles. The minimum absolute atomic E-state index is 0.166. The monoisotopic (exact) mass is 238 g/mol. The van der Waals surface area contributed by atoms with Gasteiger partial charge in [0.1, 0.15) is 0 Å². The van der Waals surface area contributed by atoms with Crippen molar-refractivity contribution >= 4 is 21.8 Å². The van der Waals surface area contributed by atoms with Crippen molar-refractivity contribution in [1.29, 1.82) is 0 Å². The molecule has 1 saturated heterocycles. The van der Waals surface area contributed by atoms with Crippen LogP contribution < -0.4 is 10.0 Å². The first-order chi connectivity index (χ1) is 6.53. The van der Waals surface area contributed by atoms with Crippen LogP contribution in [0.5, 0.6) is 0 Å². The fraction of sp³-hybridized carbons (Fsp3) is 1.00. The molecule has 1 fully saturated rings. The number of sulfonamides is 1. The number of hydrogen-bond acceptors (Lipinski definition) is 4. The van der Waals surface area contributed by atoms with Gasteiger partial charge in [-0.3, -0.25) is 0 Å². The maximum atomic E-state index is 11.1. The Balaban J connectivity index is 2.16. The molecule has 0 saturated carbocycles. The molecule has 0 aromatic heterocycles. The van der Waals surface area contributed by atoms with Gasteiger partial charge >= 0.3 is 0 Å². The molecule has 1 rings (SSSR count). The third kappa shape index (κ3) is 4.16. The lowest BCUT2D eigenvalue weighted by molar-refractivity contribution is 0.546. The first-order valence-electron chi connectivity index (χ1n) is 4.79. The summed E-state index contributed by atoms with van der Waals surface area (Å²) in [5, 5.41) is 3.96. The fourth-order valence-electron chi connectivity index (χ4n) is 1.46. The van der Waals surface area contributed by atoms with Crippen LogP contribution in [-0.4, -0.2) is 44.8 Å². The average Bonchev–Trinajstić information content (AvgIpc) is 2.51. The molecule has 1 heterocycles. The second-order valence-corrected chi connectivity index (χ2v) is 7.07. The smallest absolute Gasteiger partial charge is 0.212 e. The number of hydrogen-bond donors (Lipinski definition) is 2. The molecule has 0 radical (unpaired) electrons. The molecule has 4 nitrogen and oxygen atoms in total. The molecule has 6 heteroatoms. The van der Waals surface area contributed by atoms with Crippen LogP contribution in [0.3, 0.4) is 0 Å². The Hall–Kier alpha value is 0.220. The van der Waals surface area contributed by atoms with Crippen molar-refractivity contribution in [1.82, 2.24) is 10.0 Å². The van der Waals surface area contributed by atoms with Gasteiger partial charge in [0.25, 0.3) is 0 Å². The van der Waals surface area contributed by atoms with Gasteiger partial charge in [0, 0.05) is 23.6 Å². The lowest BCUT2D eigenvalue weighted by Crippen LogP contribution is -2.35. The van der Waals surface area contributed by atoms with Crippen molar-refractivity contribution in [2.45, 2.75) is 24.6 Å². The number of nitrogens with one attached hydrogen (secondary N) is 2. The predicted octanol–water partition coefficient (Wildman–Crippen LogP) is 0.0192. The van der Waals surface area contributed by atoms with Crippen LogP contribution in [0.2, 0.25) is 0 Å². The molecule has 0 bridgehead atoms. The van der Waals surface area contributed by atoms with E-state index < -0.39 is 10.0 Å². The fourth-order valence-corrected chi connectivity index (χ4v) is 3.23. The number of rotatable bonds is 5. The Labute approximate surface area is 90.3 Å². The van der Waals surface area contributed by atoms with E-state index in [1.807, 2.05) is 11.8 Å². The highest BCUT2D eigenvalue weighted by atomic mass is 32.2. The Morgan fingerprint density at radius 2 is 2.21 bits per heavy atom. The molecular weight excluding hydrogens is 220 g/mol. The molecule has 84 valence electrons. The van der Waals surface area contributed by atoms with Gasteiger partial charge in [0.2, 0.25) is 10.0 Å². The lowest BCUT2D eigenvalue weighted by atomic mass is 10.2. The quantitative estimate of drug-likeness (QED) is 0.709. The van der Waals surface area contributed by atoms with Gasteiger partial charge in [-0.1, -0.05) is 6.92 Å². The zero-order valence-electron chi connectivity index (χ0n) is 8.62. The normalized spacial score (nSPS) is 28.1. The summed E-state index contributed by atoms with van der Waals surface area (Å²) >= 11 is 1.94.